The molecular formula is C20H26N2O2S. The summed E-state index contributed by atoms with van der Waals surface area (Å²) in [5.41, 5.74) is 0.912. The van der Waals surface area contributed by atoms with E-state index in [1.807, 2.05) is 47.0 Å². The van der Waals surface area contributed by atoms with Crippen molar-refractivity contribution in [3.05, 3.63) is 41.8 Å². The van der Waals surface area contributed by atoms with Gasteiger partial charge in [0.2, 0.25) is 0 Å². The van der Waals surface area contributed by atoms with E-state index >= 15 is 0 Å². The maximum Gasteiger partial charge on any atom is 0.414 e. The number of amides is 1. The second kappa shape index (κ2) is 7.04. The molecule has 3 saturated heterocycles. The van der Waals surface area contributed by atoms with Gasteiger partial charge in [0.05, 0.1) is 0 Å². The molecule has 2 bridgehead atoms. The highest BCUT2D eigenvalue weighted by Crippen LogP contribution is 2.35. The number of carbonyl (C=O) groups excluding carboxylic acids is 1. The minimum atomic E-state index is -0.198. The van der Waals surface area contributed by atoms with Crippen LogP contribution in [0.25, 0.3) is 0 Å². The average Bonchev–Trinajstić information content (AvgIpc) is 3.08. The number of rotatable bonds is 4. The van der Waals surface area contributed by atoms with Gasteiger partial charge in [-0.15, -0.1) is 11.8 Å². The van der Waals surface area contributed by atoms with Crippen molar-refractivity contribution in [3.63, 3.8) is 0 Å². The highest BCUT2D eigenvalue weighted by atomic mass is 32.2. The summed E-state index contributed by atoms with van der Waals surface area (Å²) in [5.74, 6) is 1.53. The molecular weight excluding hydrogens is 332 g/mol. The molecule has 4 heterocycles. The van der Waals surface area contributed by atoms with Crippen LogP contribution in [0.15, 0.2) is 41.8 Å². The first-order valence-corrected chi connectivity index (χ1v) is 10.2. The Kier molecular flexibility index (Phi) is 4.78. The number of piperidine rings is 3. The molecule has 0 aromatic heterocycles. The van der Waals surface area contributed by atoms with Crippen LogP contribution in [-0.2, 0) is 4.74 Å². The van der Waals surface area contributed by atoms with E-state index in [0.29, 0.717) is 12.5 Å². The molecule has 1 unspecified atom stereocenters. The van der Waals surface area contributed by atoms with Crippen molar-refractivity contribution in [1.29, 1.82) is 0 Å². The first-order valence-electron chi connectivity index (χ1n) is 9.18. The fraction of sp³-hybridized carbons (Fsp3) is 0.550. The van der Waals surface area contributed by atoms with Gasteiger partial charge in [-0.1, -0.05) is 31.2 Å². The van der Waals surface area contributed by atoms with Crippen molar-refractivity contribution in [2.75, 3.05) is 36.8 Å². The Balaban J connectivity index is 1.51. The fourth-order valence-corrected chi connectivity index (χ4v) is 5.15. The summed E-state index contributed by atoms with van der Waals surface area (Å²) in [6.07, 6.45) is 4.37. The van der Waals surface area contributed by atoms with E-state index < -0.39 is 0 Å². The van der Waals surface area contributed by atoms with Crippen molar-refractivity contribution in [2.45, 2.75) is 25.9 Å². The number of hydrogen-bond acceptors (Lipinski definition) is 4. The van der Waals surface area contributed by atoms with E-state index in [2.05, 4.69) is 23.3 Å². The van der Waals surface area contributed by atoms with Crippen LogP contribution < -0.4 is 4.90 Å². The van der Waals surface area contributed by atoms with Crippen molar-refractivity contribution >= 4 is 23.5 Å². The maximum absolute atomic E-state index is 13.1. The largest absolute Gasteiger partial charge is 0.444 e. The third kappa shape index (κ3) is 3.72. The number of para-hydroxylation sites is 1. The van der Waals surface area contributed by atoms with Crippen LogP contribution >= 0.6 is 11.8 Å². The molecule has 4 nitrogen and oxygen atoms in total. The third-order valence-corrected chi connectivity index (χ3v) is 6.79. The number of nitrogens with zero attached hydrogens (tertiary/aromatic N) is 2. The number of benzene rings is 1. The molecule has 25 heavy (non-hydrogen) atoms. The summed E-state index contributed by atoms with van der Waals surface area (Å²) in [5, 5.41) is 2.14. The topological polar surface area (TPSA) is 32.8 Å². The minimum absolute atomic E-state index is 0.00536. The minimum Gasteiger partial charge on any atom is -0.444 e. The normalized spacial score (nSPS) is 33.4. The fourth-order valence-electron chi connectivity index (χ4n) is 4.07. The van der Waals surface area contributed by atoms with Crippen LogP contribution in [0.2, 0.25) is 0 Å². The van der Waals surface area contributed by atoms with Crippen molar-refractivity contribution in [1.82, 2.24) is 4.90 Å². The summed E-state index contributed by atoms with van der Waals surface area (Å²) >= 11 is 1.81. The predicted octanol–water partition coefficient (Wildman–Crippen LogP) is 3.99. The Bertz CT molecular complexity index is 642. The van der Waals surface area contributed by atoms with Gasteiger partial charge in [0.25, 0.3) is 0 Å². The molecule has 1 amide bonds. The second-order valence-electron chi connectivity index (χ2n) is 7.75. The molecule has 0 radical (unpaired) electrons. The first kappa shape index (κ1) is 17.0. The predicted molar refractivity (Wildman–Crippen MR) is 103 cm³/mol. The summed E-state index contributed by atoms with van der Waals surface area (Å²) in [6, 6.07) is 9.92. The zero-order valence-electron chi connectivity index (χ0n) is 14.8. The van der Waals surface area contributed by atoms with Crippen molar-refractivity contribution in [2.24, 2.45) is 11.3 Å². The molecule has 134 valence electrons. The summed E-state index contributed by atoms with van der Waals surface area (Å²) < 4.78 is 6.01. The lowest BCUT2D eigenvalue weighted by molar-refractivity contribution is -0.0312. The monoisotopic (exact) mass is 358 g/mol. The number of fused-ring (bicyclic) bond motifs is 3. The second-order valence-corrected chi connectivity index (χ2v) is 8.64. The Morgan fingerprint density at radius 2 is 2.08 bits per heavy atom. The third-order valence-electron chi connectivity index (χ3n) is 5.64. The Hall–Kier alpha value is -1.46. The van der Waals surface area contributed by atoms with Crippen LogP contribution in [0.1, 0.15) is 19.8 Å². The molecule has 0 N–H and O–H groups in total. The van der Waals surface area contributed by atoms with E-state index in [9.17, 15) is 4.79 Å². The van der Waals surface area contributed by atoms with Gasteiger partial charge >= 0.3 is 6.09 Å². The van der Waals surface area contributed by atoms with Gasteiger partial charge in [0, 0.05) is 29.9 Å². The van der Waals surface area contributed by atoms with Crippen LogP contribution in [0.4, 0.5) is 10.5 Å². The smallest absolute Gasteiger partial charge is 0.414 e. The van der Waals surface area contributed by atoms with Gasteiger partial charge in [-0.3, -0.25) is 9.80 Å². The molecule has 5 rings (SSSR count). The standard InChI is InChI=1S/C20H26N2O2S/c1-20(9-12-25-15-20)14-22(17-5-3-2-4-6-17)19(23)24-18-13-21-10-7-16(18)8-11-21/h2-6,9,12,16,18H,7-8,10-11,13-15H2,1H3/t18?,20-/m1/s1. The van der Waals surface area contributed by atoms with E-state index in [-0.39, 0.29) is 17.6 Å². The van der Waals surface area contributed by atoms with Gasteiger partial charge in [0.15, 0.2) is 0 Å². The molecule has 4 aliphatic heterocycles. The zero-order chi connectivity index (χ0) is 17.3. The lowest BCUT2D eigenvalue weighted by Crippen LogP contribution is -2.53. The molecule has 5 heteroatoms. The van der Waals surface area contributed by atoms with E-state index in [4.69, 9.17) is 4.74 Å². The lowest BCUT2D eigenvalue weighted by Gasteiger charge is -2.44. The lowest BCUT2D eigenvalue weighted by atomic mass is 9.86. The van der Waals surface area contributed by atoms with Gasteiger partial charge in [-0.25, -0.2) is 4.79 Å². The molecule has 2 atom stereocenters. The van der Waals surface area contributed by atoms with Crippen LogP contribution in [0, 0.1) is 11.3 Å². The highest BCUT2D eigenvalue weighted by molar-refractivity contribution is 8.02. The van der Waals surface area contributed by atoms with Crippen LogP contribution in [0.5, 0.6) is 0 Å². The number of ether oxygens (including phenoxy) is 1. The highest BCUT2D eigenvalue weighted by Gasteiger charge is 2.38. The van der Waals surface area contributed by atoms with E-state index in [0.717, 1.165) is 43.9 Å². The van der Waals surface area contributed by atoms with E-state index in [1.165, 1.54) is 0 Å². The van der Waals surface area contributed by atoms with Crippen molar-refractivity contribution < 1.29 is 9.53 Å². The number of carbonyl (C=O) groups is 1. The van der Waals surface area contributed by atoms with Crippen LogP contribution in [-0.4, -0.2) is 49.0 Å². The average molecular weight is 359 g/mol. The first-order chi connectivity index (χ1) is 12.1. The van der Waals surface area contributed by atoms with Crippen molar-refractivity contribution in [3.8, 4) is 0 Å². The van der Waals surface area contributed by atoms with Gasteiger partial charge in [0.1, 0.15) is 6.10 Å². The molecule has 0 spiro atoms. The summed E-state index contributed by atoms with van der Waals surface area (Å²) in [4.78, 5) is 17.3. The quantitative estimate of drug-likeness (QED) is 0.815. The Morgan fingerprint density at radius 1 is 1.32 bits per heavy atom. The zero-order valence-corrected chi connectivity index (χ0v) is 15.6. The maximum atomic E-state index is 13.1. The SMILES string of the molecule is C[C@]1(CN(C(=O)OC2CN3CCC2CC3)c2ccccc2)C=CSC1. The van der Waals surface area contributed by atoms with E-state index in [1.54, 1.807) is 0 Å². The summed E-state index contributed by atoms with van der Waals surface area (Å²) in [6.45, 7) is 6.07. The number of thioether (sulfide) groups is 1. The summed E-state index contributed by atoms with van der Waals surface area (Å²) in [7, 11) is 0. The molecule has 0 aliphatic carbocycles. The van der Waals surface area contributed by atoms with Gasteiger partial charge < -0.3 is 4.74 Å². The number of anilines is 1. The molecule has 3 fully saturated rings. The molecule has 4 aliphatic rings. The van der Waals surface area contributed by atoms with Gasteiger partial charge in [-0.2, -0.15) is 0 Å². The molecule has 0 saturated carbocycles. The Labute approximate surface area is 154 Å². The molecule has 1 aromatic carbocycles. The number of hydrogen-bond donors (Lipinski definition) is 0. The van der Waals surface area contributed by atoms with Crippen LogP contribution in [0.3, 0.4) is 0 Å². The molecule has 1 aromatic rings. The Morgan fingerprint density at radius 3 is 2.68 bits per heavy atom. The van der Waals surface area contributed by atoms with Gasteiger partial charge in [-0.05, 0) is 49.4 Å².